The Hall–Kier alpha value is -1.73. The Labute approximate surface area is 145 Å². The summed E-state index contributed by atoms with van der Waals surface area (Å²) in [5.74, 6) is 0.745. The summed E-state index contributed by atoms with van der Waals surface area (Å²) in [7, 11) is 1.91. The van der Waals surface area contributed by atoms with Gasteiger partial charge in [-0.2, -0.15) is 5.10 Å². The van der Waals surface area contributed by atoms with Crippen molar-refractivity contribution < 1.29 is 9.53 Å². The zero-order chi connectivity index (χ0) is 16.5. The van der Waals surface area contributed by atoms with Gasteiger partial charge in [-0.15, -0.1) is 11.3 Å². The minimum absolute atomic E-state index is 0.0164. The highest BCUT2D eigenvalue weighted by molar-refractivity contribution is 7.07. The van der Waals surface area contributed by atoms with Crippen LogP contribution in [-0.4, -0.2) is 50.9 Å². The van der Waals surface area contributed by atoms with Crippen LogP contribution in [0.1, 0.15) is 35.3 Å². The van der Waals surface area contributed by atoms with Gasteiger partial charge in [0.2, 0.25) is 0 Å². The van der Waals surface area contributed by atoms with Crippen LogP contribution >= 0.6 is 11.3 Å². The van der Waals surface area contributed by atoms with E-state index in [1.165, 1.54) is 24.2 Å². The Kier molecular flexibility index (Phi) is 4.37. The van der Waals surface area contributed by atoms with Crippen molar-refractivity contribution in [3.8, 4) is 0 Å². The topological polar surface area (TPSA) is 60.2 Å². The molecule has 0 radical (unpaired) electrons. The van der Waals surface area contributed by atoms with E-state index in [2.05, 4.69) is 10.1 Å². The molecule has 0 N–H and O–H groups in total. The second kappa shape index (κ2) is 6.64. The highest BCUT2D eigenvalue weighted by Crippen LogP contribution is 2.32. The zero-order valence-corrected chi connectivity index (χ0v) is 14.6. The molecule has 2 aromatic rings. The third kappa shape index (κ3) is 3.37. The quantitative estimate of drug-likeness (QED) is 0.804. The van der Waals surface area contributed by atoms with Crippen LogP contribution in [0.3, 0.4) is 0 Å². The Morgan fingerprint density at radius 1 is 1.42 bits per heavy atom. The predicted molar refractivity (Wildman–Crippen MR) is 90.9 cm³/mol. The maximum atomic E-state index is 12.8. The first-order valence-corrected chi connectivity index (χ1v) is 9.43. The lowest BCUT2D eigenvalue weighted by atomic mass is 10.0. The van der Waals surface area contributed by atoms with Crippen LogP contribution in [0.25, 0.3) is 0 Å². The van der Waals surface area contributed by atoms with Crippen LogP contribution in [0, 0.1) is 5.92 Å². The Morgan fingerprint density at radius 2 is 2.29 bits per heavy atom. The molecule has 1 amide bonds. The van der Waals surface area contributed by atoms with Crippen molar-refractivity contribution >= 4 is 17.2 Å². The fraction of sp³-hybridized carbons (Fsp3) is 0.588. The lowest BCUT2D eigenvalue weighted by molar-refractivity contribution is 0.0199. The normalized spacial score (nSPS) is 23.8. The van der Waals surface area contributed by atoms with Gasteiger partial charge in [0.05, 0.1) is 23.9 Å². The monoisotopic (exact) mass is 346 g/mol. The van der Waals surface area contributed by atoms with Gasteiger partial charge >= 0.3 is 0 Å². The van der Waals surface area contributed by atoms with Crippen molar-refractivity contribution in [2.75, 3.05) is 13.2 Å². The summed E-state index contributed by atoms with van der Waals surface area (Å²) in [5, 5.41) is 6.07. The van der Waals surface area contributed by atoms with Crippen molar-refractivity contribution in [1.82, 2.24) is 19.7 Å². The first-order chi connectivity index (χ1) is 11.7. The van der Waals surface area contributed by atoms with E-state index in [9.17, 15) is 4.79 Å². The van der Waals surface area contributed by atoms with Gasteiger partial charge in [-0.1, -0.05) is 0 Å². The molecule has 0 aromatic carbocycles. The van der Waals surface area contributed by atoms with E-state index in [0.717, 1.165) is 37.5 Å². The fourth-order valence-electron chi connectivity index (χ4n) is 3.34. The van der Waals surface area contributed by atoms with Crippen LogP contribution in [0.2, 0.25) is 0 Å². The van der Waals surface area contributed by atoms with Gasteiger partial charge in [0.25, 0.3) is 5.91 Å². The molecule has 7 heteroatoms. The number of hydrogen-bond acceptors (Lipinski definition) is 5. The maximum absolute atomic E-state index is 12.8. The summed E-state index contributed by atoms with van der Waals surface area (Å²) in [6.45, 7) is 1.56. The summed E-state index contributed by atoms with van der Waals surface area (Å²) in [6, 6.07) is 0.0575. The highest BCUT2D eigenvalue weighted by atomic mass is 32.1. The van der Waals surface area contributed by atoms with E-state index in [4.69, 9.17) is 4.74 Å². The third-order valence-corrected chi connectivity index (χ3v) is 5.43. The number of aromatic nitrogens is 3. The van der Waals surface area contributed by atoms with E-state index < -0.39 is 0 Å². The molecular formula is C17H22N4O2S. The Bertz CT molecular complexity index is 695. The number of aryl methyl sites for hydroxylation is 1. The standard InChI is InChI=1S/C17H22N4O2S/c1-20-8-13(7-19-20)6-15-16(23-9-12-2-3-12)4-5-21(15)17(22)14-10-24-11-18-14/h7-8,10-12,15-16H,2-6,9H2,1H3/t15-,16+/m1/s1. The Balaban J connectivity index is 1.51. The van der Waals surface area contributed by atoms with Crippen molar-refractivity contribution in [3.63, 3.8) is 0 Å². The molecule has 128 valence electrons. The SMILES string of the molecule is Cn1cc(C[C@@H]2[C@@H](OCC3CC3)CCN2C(=O)c2cscn2)cn1. The van der Waals surface area contributed by atoms with Gasteiger partial charge in [-0.05, 0) is 37.2 Å². The summed E-state index contributed by atoms with van der Waals surface area (Å²) < 4.78 is 7.98. The van der Waals surface area contributed by atoms with Crippen LogP contribution in [0.15, 0.2) is 23.3 Å². The number of nitrogens with zero attached hydrogens (tertiary/aromatic N) is 4. The lowest BCUT2D eigenvalue weighted by Crippen LogP contribution is -2.42. The molecule has 0 spiro atoms. The second-order valence-electron chi connectivity index (χ2n) is 6.77. The number of carbonyl (C=O) groups is 1. The summed E-state index contributed by atoms with van der Waals surface area (Å²) in [5.41, 5.74) is 3.39. The summed E-state index contributed by atoms with van der Waals surface area (Å²) in [4.78, 5) is 18.9. The van der Waals surface area contributed by atoms with E-state index in [1.807, 2.05) is 29.7 Å². The second-order valence-corrected chi connectivity index (χ2v) is 7.49. The van der Waals surface area contributed by atoms with Crippen LogP contribution in [-0.2, 0) is 18.2 Å². The lowest BCUT2D eigenvalue weighted by Gasteiger charge is -2.27. The third-order valence-electron chi connectivity index (χ3n) is 4.84. The number of thiazole rings is 1. The summed E-state index contributed by atoms with van der Waals surface area (Å²) in [6.07, 6.45) is 8.23. The molecule has 6 nitrogen and oxygen atoms in total. The first kappa shape index (κ1) is 15.8. The number of rotatable bonds is 6. The number of amides is 1. The van der Waals surface area contributed by atoms with Gasteiger partial charge < -0.3 is 9.64 Å². The van der Waals surface area contributed by atoms with Gasteiger partial charge in [0.1, 0.15) is 5.69 Å². The fourth-order valence-corrected chi connectivity index (χ4v) is 3.87. The Morgan fingerprint density at radius 3 is 2.96 bits per heavy atom. The van der Waals surface area contributed by atoms with E-state index >= 15 is 0 Å². The average molecular weight is 346 g/mol. The molecular weight excluding hydrogens is 324 g/mol. The molecule has 2 aliphatic rings. The molecule has 0 bridgehead atoms. The molecule has 1 saturated carbocycles. The molecule has 1 saturated heterocycles. The minimum Gasteiger partial charge on any atom is -0.376 e. The van der Waals surface area contributed by atoms with Crippen molar-refractivity contribution in [2.45, 2.75) is 37.8 Å². The van der Waals surface area contributed by atoms with E-state index in [0.29, 0.717) is 5.69 Å². The number of ether oxygens (including phenoxy) is 1. The molecule has 2 fully saturated rings. The predicted octanol–water partition coefficient (Wildman–Crippen LogP) is 2.13. The molecule has 4 rings (SSSR count). The average Bonchev–Trinajstić information content (AvgIpc) is 2.98. The van der Waals surface area contributed by atoms with Gasteiger partial charge in [0.15, 0.2) is 0 Å². The van der Waals surface area contributed by atoms with Crippen molar-refractivity contribution in [1.29, 1.82) is 0 Å². The van der Waals surface area contributed by atoms with E-state index in [1.54, 1.807) is 10.2 Å². The van der Waals surface area contributed by atoms with Crippen molar-refractivity contribution in [2.24, 2.45) is 13.0 Å². The molecule has 2 atom stereocenters. The number of carbonyl (C=O) groups excluding carboxylic acids is 1. The van der Waals surface area contributed by atoms with Crippen LogP contribution in [0.5, 0.6) is 0 Å². The van der Waals surface area contributed by atoms with Crippen LogP contribution in [0.4, 0.5) is 0 Å². The van der Waals surface area contributed by atoms with E-state index in [-0.39, 0.29) is 18.1 Å². The maximum Gasteiger partial charge on any atom is 0.273 e. The minimum atomic E-state index is 0.0164. The molecule has 2 aromatic heterocycles. The molecule has 24 heavy (non-hydrogen) atoms. The summed E-state index contributed by atoms with van der Waals surface area (Å²) >= 11 is 1.46. The molecule has 3 heterocycles. The number of likely N-dealkylation sites (tertiary alicyclic amines) is 1. The van der Waals surface area contributed by atoms with Gasteiger partial charge in [0, 0.05) is 31.8 Å². The van der Waals surface area contributed by atoms with Gasteiger partial charge in [-0.3, -0.25) is 9.48 Å². The largest absolute Gasteiger partial charge is 0.376 e. The number of hydrogen-bond donors (Lipinski definition) is 0. The highest BCUT2D eigenvalue weighted by Gasteiger charge is 2.39. The molecule has 0 unspecified atom stereocenters. The van der Waals surface area contributed by atoms with Gasteiger partial charge in [-0.25, -0.2) is 4.98 Å². The molecule has 1 aliphatic heterocycles. The smallest absolute Gasteiger partial charge is 0.273 e. The van der Waals surface area contributed by atoms with Crippen molar-refractivity contribution in [3.05, 3.63) is 34.5 Å². The molecule has 1 aliphatic carbocycles. The first-order valence-electron chi connectivity index (χ1n) is 8.49. The zero-order valence-electron chi connectivity index (χ0n) is 13.8. The van der Waals surface area contributed by atoms with Crippen LogP contribution < -0.4 is 0 Å².